The number of rotatable bonds is 3. The molecule has 0 aromatic heterocycles. The van der Waals surface area contributed by atoms with Gasteiger partial charge in [-0.2, -0.15) is 18.2 Å². The molecule has 0 unspecified atom stereocenters. The molecule has 10 heteroatoms. The molecule has 1 aliphatic rings. The van der Waals surface area contributed by atoms with Crippen molar-refractivity contribution in [1.82, 2.24) is 4.90 Å². The molecule has 1 heterocycles. The van der Waals surface area contributed by atoms with Gasteiger partial charge in [0, 0.05) is 13.6 Å². The van der Waals surface area contributed by atoms with Crippen LogP contribution in [-0.4, -0.2) is 33.7 Å². The quantitative estimate of drug-likeness (QED) is 0.346. The zero-order chi connectivity index (χ0) is 20.6. The summed E-state index contributed by atoms with van der Waals surface area (Å²) in [6.45, 7) is -0.0813. The molecule has 0 bridgehead atoms. The van der Waals surface area contributed by atoms with Crippen LogP contribution in [0.3, 0.4) is 0 Å². The molecule has 2 aromatic carbocycles. The van der Waals surface area contributed by atoms with Crippen LogP contribution in [0.25, 0.3) is 0 Å². The summed E-state index contributed by atoms with van der Waals surface area (Å²) in [5.41, 5.74) is 0.640. The van der Waals surface area contributed by atoms with Crippen molar-refractivity contribution in [2.75, 3.05) is 7.05 Å². The van der Waals surface area contributed by atoms with Gasteiger partial charge in [-0.3, -0.25) is 0 Å². The second-order valence-electron chi connectivity index (χ2n) is 6.01. The molecule has 0 amide bonds. The highest BCUT2D eigenvalue weighted by atomic mass is 35.6. The molecule has 4 nitrogen and oxygen atoms in total. The minimum Gasteiger partial charge on any atom is -0.427 e. The summed E-state index contributed by atoms with van der Waals surface area (Å²) in [4.78, 5) is 4.53. The molecule has 0 radical (unpaired) electrons. The maximum absolute atomic E-state index is 13.8. The molecule has 2 aromatic rings. The molecular weight excluding hydrogens is 440 g/mol. The molecule has 0 saturated heterocycles. The third kappa shape index (κ3) is 4.26. The average Bonchev–Trinajstić information content (AvgIpc) is 2.99. The Labute approximate surface area is 174 Å². The van der Waals surface area contributed by atoms with Gasteiger partial charge in [-0.25, -0.2) is 0 Å². The van der Waals surface area contributed by atoms with Gasteiger partial charge in [0.25, 0.3) is 3.79 Å². The number of fused-ring (bicyclic) bond motifs is 1. The summed E-state index contributed by atoms with van der Waals surface area (Å²) < 4.78 is 49.9. The third-order valence-corrected chi connectivity index (χ3v) is 4.55. The lowest BCUT2D eigenvalue weighted by Gasteiger charge is -2.32. The first-order valence-electron chi connectivity index (χ1n) is 7.98. The van der Waals surface area contributed by atoms with Crippen LogP contribution in [0.5, 0.6) is 11.5 Å². The largest absolute Gasteiger partial charge is 0.449 e. The Morgan fingerprint density at radius 2 is 1.46 bits per heavy atom. The van der Waals surface area contributed by atoms with E-state index in [9.17, 15) is 13.2 Å². The predicted molar refractivity (Wildman–Crippen MR) is 102 cm³/mol. The lowest BCUT2D eigenvalue weighted by molar-refractivity contribution is -0.0890. The molecular formula is C18H14Cl3F3N2O2. The SMILES string of the molecule is CN(Cc1ccccc1)/C(=N\C1(C(Cl)(Cl)Cl)Oc2ccccc2O1)C(F)(F)F. The van der Waals surface area contributed by atoms with Crippen molar-refractivity contribution in [3.63, 3.8) is 0 Å². The van der Waals surface area contributed by atoms with E-state index in [-0.39, 0.29) is 18.0 Å². The van der Waals surface area contributed by atoms with E-state index in [1.165, 1.54) is 19.2 Å². The van der Waals surface area contributed by atoms with Gasteiger partial charge in [0.05, 0.1) is 0 Å². The van der Waals surface area contributed by atoms with Gasteiger partial charge in [0.1, 0.15) is 0 Å². The first-order chi connectivity index (χ1) is 13.0. The fraction of sp³-hybridized carbons (Fsp3) is 0.278. The van der Waals surface area contributed by atoms with Gasteiger partial charge >= 0.3 is 12.1 Å². The lowest BCUT2D eigenvalue weighted by atomic mass is 10.2. The van der Waals surface area contributed by atoms with Crippen molar-refractivity contribution in [2.45, 2.75) is 22.4 Å². The maximum Gasteiger partial charge on any atom is 0.449 e. The highest BCUT2D eigenvalue weighted by Crippen LogP contribution is 2.51. The highest BCUT2D eigenvalue weighted by molar-refractivity contribution is 6.68. The Morgan fingerprint density at radius 1 is 0.964 bits per heavy atom. The smallest absolute Gasteiger partial charge is 0.427 e. The zero-order valence-corrected chi connectivity index (χ0v) is 16.6. The van der Waals surface area contributed by atoms with Gasteiger partial charge in [-0.1, -0.05) is 77.3 Å². The predicted octanol–water partition coefficient (Wildman–Crippen LogP) is 5.57. The molecule has 0 aliphatic carbocycles. The number of halogens is 6. The third-order valence-electron chi connectivity index (χ3n) is 3.83. The molecule has 3 rings (SSSR count). The van der Waals surface area contributed by atoms with Gasteiger partial charge in [-0.05, 0) is 17.7 Å². The van der Waals surface area contributed by atoms with Crippen molar-refractivity contribution < 1.29 is 22.6 Å². The summed E-state index contributed by atoms with van der Waals surface area (Å²) >= 11 is 17.8. The van der Waals surface area contributed by atoms with Crippen molar-refractivity contribution in [3.05, 3.63) is 60.2 Å². The lowest BCUT2D eigenvalue weighted by Crippen LogP contribution is -2.52. The number of hydrogen-bond acceptors (Lipinski definition) is 3. The summed E-state index contributed by atoms with van der Waals surface area (Å²) in [5.74, 6) is -3.61. The molecule has 0 fully saturated rings. The molecule has 0 atom stereocenters. The van der Waals surface area contributed by atoms with Crippen molar-refractivity contribution in [3.8, 4) is 11.5 Å². The molecule has 1 aliphatic heterocycles. The van der Waals surface area contributed by atoms with E-state index in [0.717, 1.165) is 4.90 Å². The second-order valence-corrected chi connectivity index (χ2v) is 8.29. The minimum absolute atomic E-state index is 0.0813. The van der Waals surface area contributed by atoms with Gasteiger partial charge in [0.15, 0.2) is 11.5 Å². The average molecular weight is 454 g/mol. The van der Waals surface area contributed by atoms with Crippen LogP contribution in [0.15, 0.2) is 59.6 Å². The Kier molecular flexibility index (Phi) is 5.62. The molecule has 0 spiro atoms. The van der Waals surface area contributed by atoms with E-state index in [4.69, 9.17) is 44.3 Å². The van der Waals surface area contributed by atoms with E-state index in [1.54, 1.807) is 42.5 Å². The number of aliphatic imine (C=N–C) groups is 1. The van der Waals surface area contributed by atoms with E-state index < -0.39 is 21.7 Å². The van der Waals surface area contributed by atoms with Gasteiger partial charge in [0.2, 0.25) is 5.84 Å². The highest BCUT2D eigenvalue weighted by Gasteiger charge is 2.60. The van der Waals surface area contributed by atoms with E-state index in [0.29, 0.717) is 5.56 Å². The first kappa shape index (κ1) is 20.9. The molecule has 150 valence electrons. The van der Waals surface area contributed by atoms with Gasteiger partial charge in [-0.15, -0.1) is 0 Å². The fourth-order valence-corrected chi connectivity index (χ4v) is 2.96. The number of para-hydroxylation sites is 2. The molecule has 28 heavy (non-hydrogen) atoms. The number of amidine groups is 1. The Bertz CT molecular complexity index is 845. The maximum atomic E-state index is 13.8. The van der Waals surface area contributed by atoms with Crippen molar-refractivity contribution in [1.29, 1.82) is 0 Å². The van der Waals surface area contributed by atoms with Crippen LogP contribution >= 0.6 is 34.8 Å². The van der Waals surface area contributed by atoms with Crippen molar-refractivity contribution >= 4 is 40.6 Å². The first-order valence-corrected chi connectivity index (χ1v) is 9.11. The normalized spacial score (nSPS) is 16.2. The van der Waals surface area contributed by atoms with E-state index in [1.807, 2.05) is 0 Å². The van der Waals surface area contributed by atoms with Crippen LogP contribution in [0, 0.1) is 0 Å². The number of nitrogens with zero attached hydrogens (tertiary/aromatic N) is 2. The summed E-state index contributed by atoms with van der Waals surface area (Å²) in [6.07, 6.45) is -4.85. The number of benzene rings is 2. The van der Waals surface area contributed by atoms with Crippen LogP contribution in [0.1, 0.15) is 5.56 Å². The van der Waals surface area contributed by atoms with Crippen LogP contribution < -0.4 is 9.47 Å². The monoisotopic (exact) mass is 452 g/mol. The summed E-state index contributed by atoms with van der Waals surface area (Å²) in [5, 5.41) is 0. The van der Waals surface area contributed by atoms with Crippen LogP contribution in [0.4, 0.5) is 13.2 Å². The van der Waals surface area contributed by atoms with E-state index in [2.05, 4.69) is 4.99 Å². The summed E-state index contributed by atoms with van der Waals surface area (Å²) in [6, 6.07) is 14.7. The second kappa shape index (κ2) is 7.54. The van der Waals surface area contributed by atoms with Crippen LogP contribution in [-0.2, 0) is 6.54 Å². The molecule has 0 saturated carbocycles. The topological polar surface area (TPSA) is 34.1 Å². The fourth-order valence-electron chi connectivity index (χ4n) is 2.60. The van der Waals surface area contributed by atoms with E-state index >= 15 is 0 Å². The number of alkyl halides is 6. The molecule has 0 N–H and O–H groups in total. The number of ether oxygens (including phenoxy) is 2. The zero-order valence-electron chi connectivity index (χ0n) is 14.4. The van der Waals surface area contributed by atoms with Gasteiger partial charge < -0.3 is 14.4 Å². The van der Waals surface area contributed by atoms with Crippen molar-refractivity contribution in [2.24, 2.45) is 4.99 Å². The Hall–Kier alpha value is -1.83. The Morgan fingerprint density at radius 3 is 1.93 bits per heavy atom. The van der Waals surface area contributed by atoms with Crippen LogP contribution in [0.2, 0.25) is 0 Å². The standard InChI is InChI=1S/C18H14Cl3F3N2O2/c1-26(11-12-7-3-2-4-8-12)15(16(22,23)24)25-18(17(19,20)21)27-13-9-5-6-10-14(13)28-18/h2-10H,11H2,1H3/b25-15-. The minimum atomic E-state index is -4.85. The number of hydrogen-bond donors (Lipinski definition) is 0. The Balaban J connectivity index is 2.02. The summed E-state index contributed by atoms with van der Waals surface area (Å²) in [7, 11) is 1.23.